The van der Waals surface area contributed by atoms with Crippen LogP contribution in [0.1, 0.15) is 23.5 Å². The topological polar surface area (TPSA) is 60.8 Å². The lowest BCUT2D eigenvalue weighted by Gasteiger charge is -2.30. The second-order valence-corrected chi connectivity index (χ2v) is 7.54. The first kappa shape index (κ1) is 21.1. The second kappa shape index (κ2) is 9.36. The lowest BCUT2D eigenvalue weighted by atomic mass is 10.0. The van der Waals surface area contributed by atoms with Crippen molar-refractivity contribution in [2.45, 2.75) is 18.6 Å². The Kier molecular flexibility index (Phi) is 6.39. The molecular weight excluding hydrogens is 412 g/mol. The zero-order valence-corrected chi connectivity index (χ0v) is 18.6. The monoisotopic (exact) mass is 438 g/mol. The van der Waals surface area contributed by atoms with Crippen molar-refractivity contribution in [3.05, 3.63) is 72.3 Å². The molecule has 3 heterocycles. The molecule has 1 saturated heterocycles. The Labute approximate surface area is 187 Å². The van der Waals surface area contributed by atoms with E-state index in [-0.39, 0.29) is 12.1 Å². The quantitative estimate of drug-likeness (QED) is 0.538. The summed E-state index contributed by atoms with van der Waals surface area (Å²) in [7, 11) is 5.01. The van der Waals surface area contributed by atoms with Gasteiger partial charge in [0.15, 0.2) is 5.11 Å². The SMILES string of the molecule is COCCn1cccc1[C@@H]1[C@@H](c2ccccn2)NC(=S)N1c1cc(OC)ccc1OC. The normalized spacial score (nSPS) is 18.2. The maximum Gasteiger partial charge on any atom is 0.174 e. The highest BCUT2D eigenvalue weighted by Gasteiger charge is 2.43. The van der Waals surface area contributed by atoms with Gasteiger partial charge in [-0.1, -0.05) is 6.07 Å². The van der Waals surface area contributed by atoms with Crippen LogP contribution in [0.25, 0.3) is 0 Å². The summed E-state index contributed by atoms with van der Waals surface area (Å²) in [6, 6.07) is 15.5. The minimum absolute atomic E-state index is 0.138. The van der Waals surface area contributed by atoms with Gasteiger partial charge in [0.05, 0.1) is 38.2 Å². The molecule has 0 aliphatic carbocycles. The molecule has 1 aromatic carbocycles. The van der Waals surface area contributed by atoms with E-state index in [0.717, 1.165) is 29.4 Å². The van der Waals surface area contributed by atoms with Gasteiger partial charge >= 0.3 is 0 Å². The van der Waals surface area contributed by atoms with Gasteiger partial charge in [0.2, 0.25) is 0 Å². The molecule has 162 valence electrons. The number of benzene rings is 1. The van der Waals surface area contributed by atoms with Gasteiger partial charge in [0.1, 0.15) is 17.5 Å². The van der Waals surface area contributed by atoms with Crippen LogP contribution < -0.4 is 19.7 Å². The van der Waals surface area contributed by atoms with Crippen LogP contribution in [0.2, 0.25) is 0 Å². The van der Waals surface area contributed by atoms with Crippen LogP contribution in [-0.4, -0.2) is 42.6 Å². The van der Waals surface area contributed by atoms with Crippen molar-refractivity contribution in [1.29, 1.82) is 0 Å². The van der Waals surface area contributed by atoms with E-state index in [2.05, 4.69) is 32.0 Å². The molecule has 1 aliphatic heterocycles. The van der Waals surface area contributed by atoms with Gasteiger partial charge in [-0.3, -0.25) is 4.98 Å². The largest absolute Gasteiger partial charge is 0.497 e. The van der Waals surface area contributed by atoms with Crippen molar-refractivity contribution in [1.82, 2.24) is 14.9 Å². The molecule has 8 heteroatoms. The molecule has 4 rings (SSSR count). The molecule has 31 heavy (non-hydrogen) atoms. The van der Waals surface area contributed by atoms with E-state index in [1.54, 1.807) is 27.5 Å². The van der Waals surface area contributed by atoms with Crippen LogP contribution in [-0.2, 0) is 11.3 Å². The van der Waals surface area contributed by atoms with E-state index in [1.165, 1.54) is 0 Å². The Morgan fingerprint density at radius 2 is 1.94 bits per heavy atom. The maximum atomic E-state index is 5.83. The predicted molar refractivity (Wildman–Crippen MR) is 124 cm³/mol. The first-order chi connectivity index (χ1) is 15.2. The maximum absolute atomic E-state index is 5.83. The van der Waals surface area contributed by atoms with Crippen molar-refractivity contribution in [3.63, 3.8) is 0 Å². The first-order valence-corrected chi connectivity index (χ1v) is 10.5. The van der Waals surface area contributed by atoms with E-state index in [1.807, 2.05) is 42.5 Å². The minimum Gasteiger partial charge on any atom is -0.497 e. The third-order valence-corrected chi connectivity index (χ3v) is 5.76. The molecule has 2 aromatic heterocycles. The number of nitrogens with one attached hydrogen (secondary N) is 1. The summed E-state index contributed by atoms with van der Waals surface area (Å²) in [5.74, 6) is 1.44. The zero-order chi connectivity index (χ0) is 21.8. The van der Waals surface area contributed by atoms with E-state index < -0.39 is 0 Å². The highest BCUT2D eigenvalue weighted by atomic mass is 32.1. The van der Waals surface area contributed by atoms with Gasteiger partial charge in [-0.25, -0.2) is 0 Å². The van der Waals surface area contributed by atoms with Gasteiger partial charge in [-0.05, 0) is 48.6 Å². The van der Waals surface area contributed by atoms with Gasteiger partial charge in [-0.2, -0.15) is 0 Å². The number of rotatable bonds is 8. The predicted octanol–water partition coefficient (Wildman–Crippen LogP) is 3.72. The molecule has 1 fully saturated rings. The van der Waals surface area contributed by atoms with Gasteiger partial charge < -0.3 is 29.0 Å². The summed E-state index contributed by atoms with van der Waals surface area (Å²) in [4.78, 5) is 6.70. The van der Waals surface area contributed by atoms with Crippen LogP contribution in [0, 0.1) is 0 Å². The third kappa shape index (κ3) is 4.08. The van der Waals surface area contributed by atoms with Crippen molar-refractivity contribution in [2.75, 3.05) is 32.8 Å². The van der Waals surface area contributed by atoms with E-state index in [9.17, 15) is 0 Å². The molecule has 0 spiro atoms. The van der Waals surface area contributed by atoms with Crippen molar-refractivity contribution >= 4 is 23.0 Å². The standard InChI is InChI=1S/C23H26N4O3S/c1-28-14-13-26-12-6-8-18(26)22-21(17-7-4-5-11-24-17)25-23(31)27(22)19-15-16(29-2)9-10-20(19)30-3/h4-12,15,21-22H,13-14H2,1-3H3,(H,25,31)/t21-,22-/m1/s1. The number of hydrogen-bond donors (Lipinski definition) is 1. The number of hydrogen-bond acceptors (Lipinski definition) is 5. The summed E-state index contributed by atoms with van der Waals surface area (Å²) < 4.78 is 18.7. The van der Waals surface area contributed by atoms with Crippen LogP contribution in [0.5, 0.6) is 11.5 Å². The molecule has 3 aromatic rings. The van der Waals surface area contributed by atoms with E-state index in [4.69, 9.17) is 26.4 Å². The summed E-state index contributed by atoms with van der Waals surface area (Å²) >= 11 is 5.83. The molecule has 1 aliphatic rings. The molecule has 0 radical (unpaired) electrons. The summed E-state index contributed by atoms with van der Waals surface area (Å²) in [6.45, 7) is 1.35. The second-order valence-electron chi connectivity index (χ2n) is 7.15. The van der Waals surface area contributed by atoms with Crippen LogP contribution in [0.4, 0.5) is 5.69 Å². The molecule has 1 N–H and O–H groups in total. The first-order valence-electron chi connectivity index (χ1n) is 10.0. The van der Waals surface area contributed by atoms with Gasteiger partial charge in [-0.15, -0.1) is 0 Å². The van der Waals surface area contributed by atoms with Gasteiger partial charge in [0.25, 0.3) is 0 Å². The van der Waals surface area contributed by atoms with Crippen molar-refractivity contribution in [2.24, 2.45) is 0 Å². The van der Waals surface area contributed by atoms with E-state index in [0.29, 0.717) is 17.5 Å². The fourth-order valence-corrected chi connectivity index (χ4v) is 4.33. The van der Waals surface area contributed by atoms with Crippen molar-refractivity contribution < 1.29 is 14.2 Å². The minimum atomic E-state index is -0.143. The lowest BCUT2D eigenvalue weighted by Crippen LogP contribution is -2.31. The number of anilines is 1. The van der Waals surface area contributed by atoms with Crippen LogP contribution >= 0.6 is 12.2 Å². The Morgan fingerprint density at radius 3 is 2.65 bits per heavy atom. The Morgan fingerprint density at radius 1 is 1.06 bits per heavy atom. The fraction of sp³-hybridized carbons (Fsp3) is 0.304. The number of nitrogens with zero attached hydrogens (tertiary/aromatic N) is 3. The summed E-state index contributed by atoms with van der Waals surface area (Å²) in [6.07, 6.45) is 3.86. The number of aromatic nitrogens is 2. The molecule has 2 atom stereocenters. The average molecular weight is 439 g/mol. The Balaban J connectivity index is 1.86. The molecule has 7 nitrogen and oxygen atoms in total. The smallest absolute Gasteiger partial charge is 0.174 e. The van der Waals surface area contributed by atoms with Crippen LogP contribution in [0.15, 0.2) is 60.9 Å². The Hall–Kier alpha value is -3.10. The number of pyridine rings is 1. The van der Waals surface area contributed by atoms with Crippen LogP contribution in [0.3, 0.4) is 0 Å². The molecule has 0 amide bonds. The van der Waals surface area contributed by atoms with E-state index >= 15 is 0 Å². The third-order valence-electron chi connectivity index (χ3n) is 5.45. The molecule has 0 bridgehead atoms. The summed E-state index contributed by atoms with van der Waals surface area (Å²) in [5, 5.41) is 4.09. The lowest BCUT2D eigenvalue weighted by molar-refractivity contribution is 0.186. The molecule has 0 unspecified atom stereocenters. The number of thiocarbonyl (C=S) groups is 1. The fourth-order valence-electron chi connectivity index (χ4n) is 3.99. The summed E-state index contributed by atoms with van der Waals surface area (Å²) in [5.41, 5.74) is 2.85. The Bertz CT molecular complexity index is 1040. The van der Waals surface area contributed by atoms with Crippen molar-refractivity contribution in [3.8, 4) is 11.5 Å². The molecular formula is C23H26N4O3S. The highest BCUT2D eigenvalue weighted by molar-refractivity contribution is 7.80. The number of methoxy groups -OCH3 is 3. The number of ether oxygens (including phenoxy) is 3. The highest BCUT2D eigenvalue weighted by Crippen LogP contribution is 2.45. The average Bonchev–Trinajstić information content (AvgIpc) is 3.41. The molecule has 0 saturated carbocycles. The van der Waals surface area contributed by atoms with Gasteiger partial charge in [0, 0.05) is 37.8 Å². The zero-order valence-electron chi connectivity index (χ0n) is 17.8.